The maximum atomic E-state index is 13.7. The monoisotopic (exact) mass is 433 g/mol. The van der Waals surface area contributed by atoms with Crippen LogP contribution in [0.4, 0.5) is 4.39 Å². The van der Waals surface area contributed by atoms with Gasteiger partial charge < -0.3 is 9.80 Å². The molecule has 1 saturated heterocycles. The van der Waals surface area contributed by atoms with Crippen molar-refractivity contribution in [3.8, 4) is 0 Å². The van der Waals surface area contributed by atoms with Crippen molar-refractivity contribution in [1.29, 1.82) is 0 Å². The minimum Gasteiger partial charge on any atom is -0.339 e. The molecule has 0 spiro atoms. The molecule has 1 heterocycles. The Morgan fingerprint density at radius 3 is 2.27 bits per heavy atom. The van der Waals surface area contributed by atoms with Crippen molar-refractivity contribution in [2.75, 3.05) is 32.7 Å². The first-order chi connectivity index (χ1) is 14.3. The van der Waals surface area contributed by atoms with Crippen molar-refractivity contribution in [2.45, 2.75) is 18.2 Å². The van der Waals surface area contributed by atoms with E-state index in [4.69, 9.17) is 0 Å². The number of nitrogens with zero attached hydrogens (tertiary/aromatic N) is 2. The van der Waals surface area contributed by atoms with Gasteiger partial charge >= 0.3 is 0 Å². The summed E-state index contributed by atoms with van der Waals surface area (Å²) in [5.41, 5.74) is 0.762. The van der Waals surface area contributed by atoms with Gasteiger partial charge in [0.1, 0.15) is 5.82 Å². The molecule has 0 unspecified atom stereocenters. The Bertz CT molecular complexity index is 1020. The number of amides is 2. The first-order valence-corrected chi connectivity index (χ1v) is 11.1. The van der Waals surface area contributed by atoms with Gasteiger partial charge in [0.05, 0.1) is 4.90 Å². The molecule has 1 aliphatic heterocycles. The van der Waals surface area contributed by atoms with Gasteiger partial charge in [-0.2, -0.15) is 0 Å². The quantitative estimate of drug-likeness (QED) is 0.753. The highest BCUT2D eigenvalue weighted by Crippen LogP contribution is 2.14. The Balaban J connectivity index is 1.47. The number of carbonyl (C=O) groups is 2. The molecule has 9 heteroatoms. The van der Waals surface area contributed by atoms with Gasteiger partial charge in [-0.15, -0.1) is 0 Å². The summed E-state index contributed by atoms with van der Waals surface area (Å²) in [6, 6.07) is 12.4. The molecular formula is C21H24FN3O4S. The smallest absolute Gasteiger partial charge is 0.254 e. The number of piperazine rings is 1. The number of aryl methyl sites for hydroxylation is 1. The van der Waals surface area contributed by atoms with E-state index in [0.717, 1.165) is 0 Å². The lowest BCUT2D eigenvalue weighted by molar-refractivity contribution is -0.132. The highest BCUT2D eigenvalue weighted by molar-refractivity contribution is 7.89. The molecule has 7 nitrogen and oxygen atoms in total. The zero-order valence-electron chi connectivity index (χ0n) is 16.7. The fraction of sp³-hybridized carbons (Fsp3) is 0.333. The molecule has 0 radical (unpaired) electrons. The molecule has 1 N–H and O–H groups in total. The summed E-state index contributed by atoms with van der Waals surface area (Å²) >= 11 is 0. The highest BCUT2D eigenvalue weighted by Gasteiger charge is 2.25. The van der Waals surface area contributed by atoms with Crippen LogP contribution in [0.1, 0.15) is 22.3 Å². The lowest BCUT2D eigenvalue weighted by Gasteiger charge is -2.35. The van der Waals surface area contributed by atoms with E-state index in [9.17, 15) is 22.4 Å². The van der Waals surface area contributed by atoms with Crippen molar-refractivity contribution in [2.24, 2.45) is 0 Å². The standard InChI is InChI=1S/C21H24FN3O4S/c1-16-7-8-17(15-19(16)22)21(27)25-13-11-24(12-14-25)20(26)9-10-23-30(28,29)18-5-3-2-4-6-18/h2-8,15,23H,9-14H2,1H3. The van der Waals surface area contributed by atoms with Crippen LogP contribution in [0.2, 0.25) is 0 Å². The predicted molar refractivity (Wildman–Crippen MR) is 110 cm³/mol. The van der Waals surface area contributed by atoms with E-state index in [-0.39, 0.29) is 35.2 Å². The summed E-state index contributed by atoms with van der Waals surface area (Å²) in [5.74, 6) is -0.872. The molecule has 160 valence electrons. The van der Waals surface area contributed by atoms with Crippen LogP contribution in [0, 0.1) is 12.7 Å². The summed E-state index contributed by atoms with van der Waals surface area (Å²) in [6.45, 7) is 3.02. The van der Waals surface area contributed by atoms with Gasteiger partial charge in [0.2, 0.25) is 15.9 Å². The molecule has 0 bridgehead atoms. The van der Waals surface area contributed by atoms with Crippen molar-refractivity contribution in [1.82, 2.24) is 14.5 Å². The van der Waals surface area contributed by atoms with Gasteiger partial charge in [-0.3, -0.25) is 9.59 Å². The summed E-state index contributed by atoms with van der Waals surface area (Å²) in [7, 11) is -3.65. The fourth-order valence-corrected chi connectivity index (χ4v) is 4.25. The van der Waals surface area contributed by atoms with Crippen LogP contribution in [0.5, 0.6) is 0 Å². The second-order valence-corrected chi connectivity index (χ2v) is 8.86. The number of hydrogen-bond donors (Lipinski definition) is 1. The Labute approximate surface area is 175 Å². The lowest BCUT2D eigenvalue weighted by Crippen LogP contribution is -2.51. The summed E-state index contributed by atoms with van der Waals surface area (Å²) in [4.78, 5) is 28.3. The Morgan fingerprint density at radius 1 is 1.00 bits per heavy atom. The molecule has 2 aromatic rings. The van der Waals surface area contributed by atoms with Crippen LogP contribution in [0.15, 0.2) is 53.4 Å². The maximum absolute atomic E-state index is 13.7. The molecular weight excluding hydrogens is 409 g/mol. The lowest BCUT2D eigenvalue weighted by atomic mass is 10.1. The molecule has 0 aliphatic carbocycles. The van der Waals surface area contributed by atoms with Gasteiger partial charge in [0.15, 0.2) is 0 Å². The number of sulfonamides is 1. The Hall–Kier alpha value is -2.78. The average Bonchev–Trinajstić information content (AvgIpc) is 2.75. The summed E-state index contributed by atoms with van der Waals surface area (Å²) in [6.07, 6.45) is 0.0309. The second kappa shape index (κ2) is 9.36. The van der Waals surface area contributed by atoms with Crippen molar-refractivity contribution >= 4 is 21.8 Å². The van der Waals surface area contributed by atoms with Gasteiger partial charge in [-0.25, -0.2) is 17.5 Å². The Morgan fingerprint density at radius 2 is 1.63 bits per heavy atom. The molecule has 2 amide bonds. The number of halogens is 1. The average molecular weight is 434 g/mol. The highest BCUT2D eigenvalue weighted by atomic mass is 32.2. The normalized spacial score (nSPS) is 14.6. The third-order valence-corrected chi connectivity index (χ3v) is 6.50. The van der Waals surface area contributed by atoms with E-state index in [2.05, 4.69) is 4.72 Å². The molecule has 30 heavy (non-hydrogen) atoms. The van der Waals surface area contributed by atoms with E-state index in [1.807, 2.05) is 0 Å². The number of hydrogen-bond acceptors (Lipinski definition) is 4. The van der Waals surface area contributed by atoms with Crippen molar-refractivity contribution in [3.63, 3.8) is 0 Å². The molecule has 3 rings (SSSR count). The van der Waals surface area contributed by atoms with Crippen molar-refractivity contribution in [3.05, 3.63) is 65.5 Å². The summed E-state index contributed by atoms with van der Waals surface area (Å²) in [5, 5.41) is 0. The number of nitrogens with one attached hydrogen (secondary N) is 1. The third-order valence-electron chi connectivity index (χ3n) is 5.02. The minimum absolute atomic E-state index is 0.00213. The fourth-order valence-electron chi connectivity index (χ4n) is 3.20. The van der Waals surface area contributed by atoms with Gasteiger partial charge in [0.25, 0.3) is 5.91 Å². The first kappa shape index (κ1) is 21.9. The summed E-state index contributed by atoms with van der Waals surface area (Å²) < 4.78 is 40.5. The SMILES string of the molecule is Cc1ccc(C(=O)N2CCN(C(=O)CCNS(=O)(=O)c3ccccc3)CC2)cc1F. The van der Waals surface area contributed by atoms with Crippen LogP contribution in [0.3, 0.4) is 0 Å². The van der Waals surface area contributed by atoms with Crippen LogP contribution in [0.25, 0.3) is 0 Å². The Kier molecular flexibility index (Phi) is 6.84. The molecule has 0 aromatic heterocycles. The zero-order valence-corrected chi connectivity index (χ0v) is 17.5. The third kappa shape index (κ3) is 5.22. The zero-order chi connectivity index (χ0) is 21.7. The minimum atomic E-state index is -3.65. The topological polar surface area (TPSA) is 86.8 Å². The van der Waals surface area contributed by atoms with Crippen LogP contribution in [-0.2, 0) is 14.8 Å². The predicted octanol–water partition coefficient (Wildman–Crippen LogP) is 1.79. The van der Waals surface area contributed by atoms with Crippen LogP contribution >= 0.6 is 0 Å². The van der Waals surface area contributed by atoms with E-state index in [1.165, 1.54) is 18.2 Å². The first-order valence-electron chi connectivity index (χ1n) is 9.66. The molecule has 1 aliphatic rings. The van der Waals surface area contributed by atoms with E-state index < -0.39 is 15.8 Å². The largest absolute Gasteiger partial charge is 0.339 e. The van der Waals surface area contributed by atoms with Gasteiger partial charge in [-0.1, -0.05) is 24.3 Å². The van der Waals surface area contributed by atoms with E-state index >= 15 is 0 Å². The molecule has 2 aromatic carbocycles. The number of rotatable bonds is 6. The molecule has 1 fully saturated rings. The second-order valence-electron chi connectivity index (χ2n) is 7.10. The van der Waals surface area contributed by atoms with Crippen LogP contribution < -0.4 is 4.72 Å². The van der Waals surface area contributed by atoms with Gasteiger partial charge in [0, 0.05) is 44.7 Å². The van der Waals surface area contributed by atoms with Crippen LogP contribution in [-0.4, -0.2) is 62.8 Å². The van der Waals surface area contributed by atoms with E-state index in [0.29, 0.717) is 31.7 Å². The maximum Gasteiger partial charge on any atom is 0.254 e. The number of carbonyl (C=O) groups excluding carboxylic acids is 2. The van der Waals surface area contributed by atoms with E-state index in [1.54, 1.807) is 47.1 Å². The molecule has 0 saturated carbocycles. The molecule has 0 atom stereocenters. The van der Waals surface area contributed by atoms with Gasteiger partial charge in [-0.05, 0) is 36.8 Å². The number of benzene rings is 2. The van der Waals surface area contributed by atoms with Crippen molar-refractivity contribution < 1.29 is 22.4 Å².